The molecule has 2 rings (SSSR count). The fraction of sp³-hybridized carbons (Fsp3) is 0.333. The van der Waals surface area contributed by atoms with Crippen LogP contribution in [0.25, 0.3) is 0 Å². The van der Waals surface area contributed by atoms with Crippen molar-refractivity contribution in [3.8, 4) is 5.75 Å². The van der Waals surface area contributed by atoms with Gasteiger partial charge in [-0.3, -0.25) is 0 Å². The Bertz CT molecular complexity index is 556. The molecule has 2 aromatic rings. The fourth-order valence-electron chi connectivity index (χ4n) is 1.91. The summed E-state index contributed by atoms with van der Waals surface area (Å²) in [5.41, 5.74) is 0.927. The number of hydrogen-bond acceptors (Lipinski definition) is 3. The van der Waals surface area contributed by atoms with Crippen LogP contribution in [0.4, 0.5) is 8.78 Å². The number of thiophene rings is 1. The molecule has 0 bridgehead atoms. The maximum atomic E-state index is 12.2. The van der Waals surface area contributed by atoms with E-state index in [9.17, 15) is 8.78 Å². The number of nitrogens with one attached hydrogen (secondary N) is 1. The molecule has 0 saturated heterocycles. The minimum atomic E-state index is -2.79. The van der Waals surface area contributed by atoms with Crippen LogP contribution in [-0.4, -0.2) is 6.61 Å². The average molecular weight is 297 g/mol. The van der Waals surface area contributed by atoms with Gasteiger partial charge in [-0.05, 0) is 43.7 Å². The van der Waals surface area contributed by atoms with E-state index in [2.05, 4.69) is 29.1 Å². The average Bonchev–Trinajstić information content (AvgIpc) is 2.81. The molecule has 1 atom stereocenters. The van der Waals surface area contributed by atoms with Gasteiger partial charge in [0.1, 0.15) is 5.75 Å². The summed E-state index contributed by atoms with van der Waals surface area (Å²) in [7, 11) is 0. The lowest BCUT2D eigenvalue weighted by atomic mass is 10.1. The van der Waals surface area contributed by atoms with Gasteiger partial charge in [0.25, 0.3) is 0 Å². The summed E-state index contributed by atoms with van der Waals surface area (Å²) >= 11 is 1.75. The summed E-state index contributed by atoms with van der Waals surface area (Å²) in [6, 6.07) is 11.0. The summed E-state index contributed by atoms with van der Waals surface area (Å²) in [4.78, 5) is 2.54. The fourth-order valence-corrected chi connectivity index (χ4v) is 2.75. The zero-order valence-corrected chi connectivity index (χ0v) is 12.2. The van der Waals surface area contributed by atoms with Crippen molar-refractivity contribution < 1.29 is 13.5 Å². The first-order chi connectivity index (χ1) is 9.54. The molecule has 1 aromatic carbocycles. The number of benzene rings is 1. The molecule has 5 heteroatoms. The van der Waals surface area contributed by atoms with Crippen LogP contribution < -0.4 is 10.1 Å². The van der Waals surface area contributed by atoms with Crippen LogP contribution in [0, 0.1) is 6.92 Å². The number of alkyl halides is 2. The normalized spacial score (nSPS) is 12.7. The molecular formula is C15H17F2NOS. The smallest absolute Gasteiger partial charge is 0.387 e. The predicted octanol–water partition coefficient (Wildman–Crippen LogP) is 4.51. The van der Waals surface area contributed by atoms with Crippen LogP contribution in [0.15, 0.2) is 36.4 Å². The molecule has 1 heterocycles. The molecule has 20 heavy (non-hydrogen) atoms. The van der Waals surface area contributed by atoms with E-state index in [-0.39, 0.29) is 11.8 Å². The molecule has 0 amide bonds. The first kappa shape index (κ1) is 14.9. The highest BCUT2D eigenvalue weighted by Crippen LogP contribution is 2.22. The maximum Gasteiger partial charge on any atom is 0.387 e. The maximum absolute atomic E-state index is 12.2. The third kappa shape index (κ3) is 4.28. The second-order valence-electron chi connectivity index (χ2n) is 4.57. The molecule has 0 fully saturated rings. The minimum Gasteiger partial charge on any atom is -0.435 e. The van der Waals surface area contributed by atoms with Crippen LogP contribution in [0.1, 0.15) is 28.3 Å². The van der Waals surface area contributed by atoms with Crippen LogP contribution in [0.3, 0.4) is 0 Å². The van der Waals surface area contributed by atoms with Crippen LogP contribution >= 0.6 is 11.3 Å². The lowest BCUT2D eigenvalue weighted by Gasteiger charge is -2.15. The van der Waals surface area contributed by atoms with Crippen molar-refractivity contribution in [1.82, 2.24) is 5.32 Å². The van der Waals surface area contributed by atoms with Crippen molar-refractivity contribution in [2.75, 3.05) is 0 Å². The second kappa shape index (κ2) is 6.81. The van der Waals surface area contributed by atoms with E-state index in [0.717, 1.165) is 12.1 Å². The van der Waals surface area contributed by atoms with Crippen LogP contribution in [0.5, 0.6) is 5.75 Å². The second-order valence-corrected chi connectivity index (χ2v) is 5.94. The van der Waals surface area contributed by atoms with Gasteiger partial charge in [0.15, 0.2) is 0 Å². The van der Waals surface area contributed by atoms with Gasteiger partial charge in [-0.15, -0.1) is 11.3 Å². The Balaban J connectivity index is 1.96. The highest BCUT2D eigenvalue weighted by atomic mass is 32.1. The van der Waals surface area contributed by atoms with Gasteiger partial charge >= 0.3 is 6.61 Å². The Morgan fingerprint density at radius 3 is 2.70 bits per heavy atom. The molecule has 1 aromatic heterocycles. The summed E-state index contributed by atoms with van der Waals surface area (Å²) < 4.78 is 28.8. The van der Waals surface area contributed by atoms with E-state index >= 15 is 0 Å². The van der Waals surface area contributed by atoms with Crippen LogP contribution in [0.2, 0.25) is 0 Å². The molecule has 1 N–H and O–H groups in total. The Morgan fingerprint density at radius 1 is 1.25 bits per heavy atom. The number of ether oxygens (including phenoxy) is 1. The molecule has 0 aliphatic rings. The van der Waals surface area contributed by atoms with E-state index < -0.39 is 6.61 Å². The molecule has 108 valence electrons. The van der Waals surface area contributed by atoms with Crippen molar-refractivity contribution in [3.63, 3.8) is 0 Å². The number of rotatable bonds is 6. The van der Waals surface area contributed by atoms with E-state index in [0.29, 0.717) is 0 Å². The third-order valence-corrected chi connectivity index (χ3v) is 3.96. The van der Waals surface area contributed by atoms with Crippen molar-refractivity contribution in [1.29, 1.82) is 0 Å². The Hall–Kier alpha value is -1.46. The van der Waals surface area contributed by atoms with Crippen molar-refractivity contribution >= 4 is 11.3 Å². The molecule has 0 radical (unpaired) electrons. The molecule has 0 aliphatic heterocycles. The first-order valence-corrected chi connectivity index (χ1v) is 7.19. The number of halogens is 2. The highest BCUT2D eigenvalue weighted by molar-refractivity contribution is 7.11. The topological polar surface area (TPSA) is 21.3 Å². The zero-order chi connectivity index (χ0) is 14.5. The lowest BCUT2D eigenvalue weighted by molar-refractivity contribution is -0.0499. The highest BCUT2D eigenvalue weighted by Gasteiger charge is 2.09. The van der Waals surface area contributed by atoms with Crippen molar-refractivity contribution in [3.05, 3.63) is 51.7 Å². The third-order valence-electron chi connectivity index (χ3n) is 2.96. The van der Waals surface area contributed by atoms with Gasteiger partial charge in [-0.1, -0.05) is 12.1 Å². The molecule has 0 aliphatic carbocycles. The SMILES string of the molecule is Cc1ccc(CNC(C)c2cccc(OC(F)F)c2)s1. The Kier molecular flexibility index (Phi) is 5.09. The predicted molar refractivity (Wildman–Crippen MR) is 77.4 cm³/mol. The van der Waals surface area contributed by atoms with Crippen LogP contribution in [-0.2, 0) is 6.54 Å². The van der Waals surface area contributed by atoms with Gasteiger partial charge in [0.2, 0.25) is 0 Å². The van der Waals surface area contributed by atoms with Crippen molar-refractivity contribution in [2.24, 2.45) is 0 Å². The molecule has 1 unspecified atom stereocenters. The largest absolute Gasteiger partial charge is 0.435 e. The minimum absolute atomic E-state index is 0.0682. The summed E-state index contributed by atoms with van der Waals surface area (Å²) in [5, 5.41) is 3.38. The van der Waals surface area contributed by atoms with E-state index in [1.165, 1.54) is 15.8 Å². The molecule has 0 saturated carbocycles. The van der Waals surface area contributed by atoms with E-state index in [4.69, 9.17) is 0 Å². The lowest BCUT2D eigenvalue weighted by Crippen LogP contribution is -2.17. The summed E-state index contributed by atoms with van der Waals surface area (Å²) in [5.74, 6) is 0.193. The van der Waals surface area contributed by atoms with Gasteiger partial charge < -0.3 is 10.1 Å². The molecule has 2 nitrogen and oxygen atoms in total. The Labute approximate surface area is 121 Å². The van der Waals surface area contributed by atoms with Crippen molar-refractivity contribution in [2.45, 2.75) is 33.0 Å². The number of aryl methyl sites for hydroxylation is 1. The summed E-state index contributed by atoms with van der Waals surface area (Å²) in [6.07, 6.45) is 0. The zero-order valence-electron chi connectivity index (χ0n) is 11.4. The number of hydrogen-bond donors (Lipinski definition) is 1. The van der Waals surface area contributed by atoms with Gasteiger partial charge in [0.05, 0.1) is 0 Å². The van der Waals surface area contributed by atoms with Gasteiger partial charge in [0, 0.05) is 22.3 Å². The molecule has 0 spiro atoms. The van der Waals surface area contributed by atoms with Gasteiger partial charge in [-0.2, -0.15) is 8.78 Å². The Morgan fingerprint density at radius 2 is 2.05 bits per heavy atom. The quantitative estimate of drug-likeness (QED) is 0.847. The van der Waals surface area contributed by atoms with Gasteiger partial charge in [-0.25, -0.2) is 0 Å². The summed E-state index contributed by atoms with van der Waals surface area (Å²) in [6.45, 7) is 2.05. The van der Waals surface area contributed by atoms with E-state index in [1.54, 1.807) is 23.5 Å². The monoisotopic (exact) mass is 297 g/mol. The standard InChI is InChI=1S/C15H17F2NOS/c1-10-6-7-14(20-10)9-18-11(2)12-4-3-5-13(8-12)19-15(16)17/h3-8,11,15,18H,9H2,1-2H3. The molecular weight excluding hydrogens is 280 g/mol. The first-order valence-electron chi connectivity index (χ1n) is 6.38. The van der Waals surface area contributed by atoms with E-state index in [1.807, 2.05) is 13.0 Å².